The highest BCUT2D eigenvalue weighted by Crippen LogP contribution is 2.24. The minimum atomic E-state index is 0.163. The van der Waals surface area contributed by atoms with Gasteiger partial charge in [0, 0.05) is 37.8 Å². The summed E-state index contributed by atoms with van der Waals surface area (Å²) in [5.74, 6) is 1.61. The Morgan fingerprint density at radius 2 is 1.58 bits per heavy atom. The molecule has 0 aliphatic carbocycles. The van der Waals surface area contributed by atoms with Crippen LogP contribution in [0, 0.1) is 0 Å². The molecule has 2 atom stereocenters. The van der Waals surface area contributed by atoms with Crippen LogP contribution in [0.25, 0.3) is 0 Å². The summed E-state index contributed by atoms with van der Waals surface area (Å²) in [6, 6.07) is 6.24. The fraction of sp³-hybridized carbons (Fsp3) is 0.571. The lowest BCUT2D eigenvalue weighted by atomic mass is 10.0. The molecular formula is C14H23N3O2. The number of ether oxygens (including phenoxy) is 2. The van der Waals surface area contributed by atoms with Crippen LogP contribution in [-0.2, 0) is 6.54 Å². The summed E-state index contributed by atoms with van der Waals surface area (Å²) >= 11 is 0. The van der Waals surface area contributed by atoms with Crippen LogP contribution in [0.5, 0.6) is 11.5 Å². The van der Waals surface area contributed by atoms with Crippen molar-refractivity contribution in [1.82, 2.24) is 4.90 Å². The summed E-state index contributed by atoms with van der Waals surface area (Å²) in [4.78, 5) is 2.28. The van der Waals surface area contributed by atoms with Gasteiger partial charge in [0.2, 0.25) is 0 Å². The first-order chi connectivity index (χ1) is 9.10. The molecule has 2 rings (SSSR count). The smallest absolute Gasteiger partial charge is 0.122 e. The van der Waals surface area contributed by atoms with Crippen molar-refractivity contribution in [3.8, 4) is 11.5 Å². The van der Waals surface area contributed by atoms with Crippen molar-refractivity contribution in [3.63, 3.8) is 0 Å². The molecule has 0 amide bonds. The molecule has 1 aliphatic rings. The first-order valence-electron chi connectivity index (χ1n) is 6.56. The first kappa shape index (κ1) is 14.1. The molecular weight excluding hydrogens is 242 g/mol. The summed E-state index contributed by atoms with van der Waals surface area (Å²) < 4.78 is 10.6. The summed E-state index contributed by atoms with van der Waals surface area (Å²) in [6.07, 6.45) is 0.901. The van der Waals surface area contributed by atoms with Crippen LogP contribution in [0.3, 0.4) is 0 Å². The van der Waals surface area contributed by atoms with E-state index in [0.29, 0.717) is 0 Å². The highest BCUT2D eigenvalue weighted by molar-refractivity contribution is 5.38. The monoisotopic (exact) mass is 265 g/mol. The maximum atomic E-state index is 6.01. The third-order valence-electron chi connectivity index (χ3n) is 3.41. The molecule has 19 heavy (non-hydrogen) atoms. The number of nitrogens with two attached hydrogens (primary N) is 2. The molecule has 5 heteroatoms. The van der Waals surface area contributed by atoms with Crippen LogP contribution in [0.4, 0.5) is 0 Å². The molecule has 1 heterocycles. The summed E-state index contributed by atoms with van der Waals surface area (Å²) in [6.45, 7) is 2.58. The molecule has 0 radical (unpaired) electrons. The Labute approximate surface area is 114 Å². The van der Waals surface area contributed by atoms with Gasteiger partial charge in [-0.2, -0.15) is 0 Å². The minimum Gasteiger partial charge on any atom is -0.497 e. The van der Waals surface area contributed by atoms with Crippen molar-refractivity contribution >= 4 is 0 Å². The zero-order chi connectivity index (χ0) is 13.8. The lowest BCUT2D eigenvalue weighted by Crippen LogP contribution is -2.51. The van der Waals surface area contributed by atoms with Gasteiger partial charge < -0.3 is 20.9 Å². The molecule has 0 bridgehead atoms. The van der Waals surface area contributed by atoms with Crippen LogP contribution in [0.15, 0.2) is 18.2 Å². The Hall–Kier alpha value is -1.30. The van der Waals surface area contributed by atoms with Gasteiger partial charge in [0.05, 0.1) is 14.2 Å². The average molecular weight is 265 g/mol. The minimum absolute atomic E-state index is 0.163. The largest absolute Gasteiger partial charge is 0.497 e. The second kappa shape index (κ2) is 6.23. The molecule has 106 valence electrons. The van der Waals surface area contributed by atoms with E-state index in [9.17, 15) is 0 Å². The van der Waals surface area contributed by atoms with Crippen molar-refractivity contribution in [2.45, 2.75) is 25.0 Å². The SMILES string of the molecule is COc1cc(CN2CC(N)CC(N)C2)cc(OC)c1. The summed E-state index contributed by atoms with van der Waals surface area (Å²) in [7, 11) is 3.32. The van der Waals surface area contributed by atoms with E-state index in [4.69, 9.17) is 20.9 Å². The quantitative estimate of drug-likeness (QED) is 0.832. The van der Waals surface area contributed by atoms with E-state index in [2.05, 4.69) is 4.90 Å². The van der Waals surface area contributed by atoms with Gasteiger partial charge in [-0.05, 0) is 24.1 Å². The third kappa shape index (κ3) is 3.83. The highest BCUT2D eigenvalue weighted by Gasteiger charge is 2.22. The summed E-state index contributed by atoms with van der Waals surface area (Å²) in [5.41, 5.74) is 13.2. The fourth-order valence-electron chi connectivity index (χ4n) is 2.62. The molecule has 1 aromatic carbocycles. The van der Waals surface area contributed by atoms with E-state index in [1.165, 1.54) is 0 Å². The van der Waals surface area contributed by atoms with Crippen LogP contribution in [0.1, 0.15) is 12.0 Å². The highest BCUT2D eigenvalue weighted by atomic mass is 16.5. The molecule has 0 spiro atoms. The van der Waals surface area contributed by atoms with Crippen molar-refractivity contribution in [1.29, 1.82) is 0 Å². The topological polar surface area (TPSA) is 73.7 Å². The number of likely N-dealkylation sites (tertiary alicyclic amines) is 1. The first-order valence-corrected chi connectivity index (χ1v) is 6.56. The molecule has 1 saturated heterocycles. The number of hydrogen-bond donors (Lipinski definition) is 2. The van der Waals surface area contributed by atoms with Crippen molar-refractivity contribution in [3.05, 3.63) is 23.8 Å². The number of methoxy groups -OCH3 is 2. The standard InChI is InChI=1S/C14H23N3O2/c1-18-13-3-10(4-14(6-13)19-2)7-17-8-11(15)5-12(16)9-17/h3-4,6,11-12H,5,7-9,15-16H2,1-2H3. The molecule has 1 aliphatic heterocycles. The van der Waals surface area contributed by atoms with Crippen LogP contribution < -0.4 is 20.9 Å². The number of nitrogens with zero attached hydrogens (tertiary/aromatic N) is 1. The number of piperidine rings is 1. The Bertz CT molecular complexity index is 393. The maximum Gasteiger partial charge on any atom is 0.122 e. The second-order valence-corrected chi connectivity index (χ2v) is 5.17. The molecule has 0 aromatic heterocycles. The van der Waals surface area contributed by atoms with E-state index in [0.717, 1.165) is 43.1 Å². The summed E-state index contributed by atoms with van der Waals surface area (Å²) in [5, 5.41) is 0. The normalized spacial score (nSPS) is 24.2. The Kier molecular flexibility index (Phi) is 4.63. The van der Waals surface area contributed by atoms with Gasteiger partial charge in [-0.25, -0.2) is 0 Å². The zero-order valence-corrected chi connectivity index (χ0v) is 11.6. The Morgan fingerprint density at radius 3 is 2.05 bits per heavy atom. The van der Waals surface area contributed by atoms with E-state index in [1.54, 1.807) is 14.2 Å². The number of hydrogen-bond acceptors (Lipinski definition) is 5. The molecule has 2 unspecified atom stereocenters. The van der Waals surface area contributed by atoms with Gasteiger partial charge in [-0.1, -0.05) is 0 Å². The van der Waals surface area contributed by atoms with Crippen LogP contribution >= 0.6 is 0 Å². The zero-order valence-electron chi connectivity index (χ0n) is 11.6. The fourth-order valence-corrected chi connectivity index (χ4v) is 2.62. The second-order valence-electron chi connectivity index (χ2n) is 5.17. The van der Waals surface area contributed by atoms with Crippen LogP contribution in [-0.4, -0.2) is 44.3 Å². The van der Waals surface area contributed by atoms with E-state index >= 15 is 0 Å². The van der Waals surface area contributed by atoms with Crippen molar-refractivity contribution in [2.24, 2.45) is 11.5 Å². The van der Waals surface area contributed by atoms with Gasteiger partial charge in [0.15, 0.2) is 0 Å². The molecule has 1 aromatic rings. The molecule has 1 fully saturated rings. The number of benzene rings is 1. The third-order valence-corrected chi connectivity index (χ3v) is 3.41. The average Bonchev–Trinajstić information content (AvgIpc) is 2.37. The number of rotatable bonds is 4. The van der Waals surface area contributed by atoms with Crippen LogP contribution in [0.2, 0.25) is 0 Å². The van der Waals surface area contributed by atoms with Crippen molar-refractivity contribution in [2.75, 3.05) is 27.3 Å². The van der Waals surface area contributed by atoms with Crippen molar-refractivity contribution < 1.29 is 9.47 Å². The predicted molar refractivity (Wildman–Crippen MR) is 75.4 cm³/mol. The maximum absolute atomic E-state index is 6.01. The predicted octanol–water partition coefficient (Wildman–Crippen LogP) is 0.564. The van der Waals surface area contributed by atoms with E-state index < -0.39 is 0 Å². The molecule has 5 nitrogen and oxygen atoms in total. The lowest BCUT2D eigenvalue weighted by molar-refractivity contribution is 0.182. The van der Waals surface area contributed by atoms with Gasteiger partial charge >= 0.3 is 0 Å². The molecule has 4 N–H and O–H groups in total. The lowest BCUT2D eigenvalue weighted by Gasteiger charge is -2.34. The Morgan fingerprint density at radius 1 is 1.05 bits per heavy atom. The van der Waals surface area contributed by atoms with Gasteiger partial charge in [-0.3, -0.25) is 4.90 Å². The molecule has 0 saturated carbocycles. The van der Waals surface area contributed by atoms with Gasteiger partial charge in [0.1, 0.15) is 11.5 Å². The van der Waals surface area contributed by atoms with E-state index in [-0.39, 0.29) is 12.1 Å². The van der Waals surface area contributed by atoms with Gasteiger partial charge in [0.25, 0.3) is 0 Å². The van der Waals surface area contributed by atoms with Gasteiger partial charge in [-0.15, -0.1) is 0 Å². The van der Waals surface area contributed by atoms with E-state index in [1.807, 2.05) is 18.2 Å². The Balaban J connectivity index is 2.09.